The van der Waals surface area contributed by atoms with Gasteiger partial charge in [0.2, 0.25) is 0 Å². The standard InChI is InChI=1S/C9H16O5/c1-5(2)13-7-4-3-6(10)8(14-7)9(11)12/h5-8,10H,3-4H2,1-2H3,(H,11,12)/t6-,7-,8-/m0/s1. The van der Waals surface area contributed by atoms with E-state index in [9.17, 15) is 9.90 Å². The molecule has 5 nitrogen and oxygen atoms in total. The molecule has 0 aliphatic carbocycles. The Morgan fingerprint density at radius 3 is 2.64 bits per heavy atom. The summed E-state index contributed by atoms with van der Waals surface area (Å²) in [6, 6.07) is 0. The Bertz CT molecular complexity index is 203. The second-order valence-corrected chi connectivity index (χ2v) is 3.65. The van der Waals surface area contributed by atoms with Crippen LogP contribution in [0.3, 0.4) is 0 Å². The van der Waals surface area contributed by atoms with E-state index in [-0.39, 0.29) is 6.10 Å². The summed E-state index contributed by atoms with van der Waals surface area (Å²) in [5.74, 6) is -1.14. The third-order valence-corrected chi connectivity index (χ3v) is 2.01. The molecule has 0 unspecified atom stereocenters. The van der Waals surface area contributed by atoms with E-state index < -0.39 is 24.5 Å². The van der Waals surface area contributed by atoms with E-state index in [4.69, 9.17) is 14.6 Å². The van der Waals surface area contributed by atoms with Gasteiger partial charge in [-0.1, -0.05) is 0 Å². The number of carboxylic acid groups (broad SMARTS) is 1. The highest BCUT2D eigenvalue weighted by Gasteiger charge is 2.35. The molecule has 5 heteroatoms. The molecular formula is C9H16O5. The van der Waals surface area contributed by atoms with Crippen molar-refractivity contribution in [2.45, 2.75) is 51.3 Å². The quantitative estimate of drug-likeness (QED) is 0.694. The summed E-state index contributed by atoms with van der Waals surface area (Å²) >= 11 is 0. The van der Waals surface area contributed by atoms with Crippen LogP contribution in [0.4, 0.5) is 0 Å². The van der Waals surface area contributed by atoms with Crippen molar-refractivity contribution in [3.8, 4) is 0 Å². The first-order valence-corrected chi connectivity index (χ1v) is 4.72. The van der Waals surface area contributed by atoms with Crippen molar-refractivity contribution in [1.82, 2.24) is 0 Å². The lowest BCUT2D eigenvalue weighted by Crippen LogP contribution is -2.45. The highest BCUT2D eigenvalue weighted by molar-refractivity contribution is 5.73. The Labute approximate surface area is 82.6 Å². The molecule has 1 fully saturated rings. The number of aliphatic carboxylic acids is 1. The fraction of sp³-hybridized carbons (Fsp3) is 0.889. The summed E-state index contributed by atoms with van der Waals surface area (Å²) in [5, 5.41) is 18.0. The first kappa shape index (κ1) is 11.4. The fourth-order valence-electron chi connectivity index (χ4n) is 1.41. The predicted molar refractivity (Wildman–Crippen MR) is 47.8 cm³/mol. The highest BCUT2D eigenvalue weighted by Crippen LogP contribution is 2.21. The van der Waals surface area contributed by atoms with Crippen molar-refractivity contribution >= 4 is 5.97 Å². The molecule has 0 amide bonds. The maximum Gasteiger partial charge on any atom is 0.335 e. The maximum absolute atomic E-state index is 10.7. The number of carboxylic acids is 1. The van der Waals surface area contributed by atoms with Crippen LogP contribution in [-0.2, 0) is 14.3 Å². The van der Waals surface area contributed by atoms with E-state index in [0.717, 1.165) is 0 Å². The van der Waals surface area contributed by atoms with Crippen LogP contribution in [0.2, 0.25) is 0 Å². The summed E-state index contributed by atoms with van der Waals surface area (Å²) in [6.07, 6.45) is -1.69. The SMILES string of the molecule is CC(C)O[C@@H]1CC[C@H](O)[C@@H](C(=O)O)O1. The van der Waals surface area contributed by atoms with E-state index in [1.807, 2.05) is 13.8 Å². The van der Waals surface area contributed by atoms with Crippen molar-refractivity contribution in [2.24, 2.45) is 0 Å². The molecule has 1 aliphatic rings. The Hall–Kier alpha value is -0.650. The van der Waals surface area contributed by atoms with Crippen LogP contribution in [0.5, 0.6) is 0 Å². The van der Waals surface area contributed by atoms with Gasteiger partial charge in [0.25, 0.3) is 0 Å². The molecule has 14 heavy (non-hydrogen) atoms. The number of ether oxygens (including phenoxy) is 2. The molecule has 0 aromatic heterocycles. The molecular weight excluding hydrogens is 188 g/mol. The number of hydrogen-bond donors (Lipinski definition) is 2. The summed E-state index contributed by atoms with van der Waals surface area (Å²) in [6.45, 7) is 3.70. The highest BCUT2D eigenvalue weighted by atomic mass is 16.7. The van der Waals surface area contributed by atoms with Gasteiger partial charge in [0.1, 0.15) is 0 Å². The Kier molecular flexibility index (Phi) is 3.86. The third-order valence-electron chi connectivity index (χ3n) is 2.01. The van der Waals surface area contributed by atoms with Crippen LogP contribution in [-0.4, -0.2) is 40.8 Å². The van der Waals surface area contributed by atoms with Gasteiger partial charge in [-0.25, -0.2) is 4.79 Å². The zero-order valence-corrected chi connectivity index (χ0v) is 8.34. The molecule has 0 saturated carbocycles. The number of hydrogen-bond acceptors (Lipinski definition) is 4. The minimum absolute atomic E-state index is 0.00955. The Morgan fingerprint density at radius 2 is 2.14 bits per heavy atom. The van der Waals surface area contributed by atoms with E-state index in [2.05, 4.69) is 0 Å². The Morgan fingerprint density at radius 1 is 1.50 bits per heavy atom. The van der Waals surface area contributed by atoms with E-state index in [0.29, 0.717) is 12.8 Å². The monoisotopic (exact) mass is 204 g/mol. The number of carbonyl (C=O) groups is 1. The lowest BCUT2D eigenvalue weighted by atomic mass is 10.1. The van der Waals surface area contributed by atoms with Crippen molar-refractivity contribution < 1.29 is 24.5 Å². The molecule has 0 spiro atoms. The molecule has 0 bridgehead atoms. The van der Waals surface area contributed by atoms with Crippen LogP contribution in [0.1, 0.15) is 26.7 Å². The lowest BCUT2D eigenvalue weighted by Gasteiger charge is -2.32. The van der Waals surface area contributed by atoms with Gasteiger partial charge in [0, 0.05) is 6.42 Å². The lowest BCUT2D eigenvalue weighted by molar-refractivity contribution is -0.237. The van der Waals surface area contributed by atoms with Gasteiger partial charge in [0.15, 0.2) is 12.4 Å². The van der Waals surface area contributed by atoms with Gasteiger partial charge in [-0.15, -0.1) is 0 Å². The first-order valence-electron chi connectivity index (χ1n) is 4.72. The van der Waals surface area contributed by atoms with Gasteiger partial charge in [-0.3, -0.25) is 0 Å². The van der Waals surface area contributed by atoms with Crippen LogP contribution >= 0.6 is 0 Å². The Balaban J connectivity index is 2.49. The van der Waals surface area contributed by atoms with E-state index in [1.165, 1.54) is 0 Å². The maximum atomic E-state index is 10.7. The summed E-state index contributed by atoms with van der Waals surface area (Å²) in [7, 11) is 0. The molecule has 1 aliphatic heterocycles. The van der Waals surface area contributed by atoms with Crippen molar-refractivity contribution in [1.29, 1.82) is 0 Å². The van der Waals surface area contributed by atoms with Crippen LogP contribution < -0.4 is 0 Å². The van der Waals surface area contributed by atoms with Crippen molar-refractivity contribution in [3.63, 3.8) is 0 Å². The molecule has 0 radical (unpaired) electrons. The summed E-state index contributed by atoms with van der Waals surface area (Å²) in [4.78, 5) is 10.7. The molecule has 2 N–H and O–H groups in total. The van der Waals surface area contributed by atoms with Gasteiger partial charge in [-0.2, -0.15) is 0 Å². The molecule has 0 aromatic rings. The van der Waals surface area contributed by atoms with Crippen LogP contribution in [0.15, 0.2) is 0 Å². The zero-order valence-electron chi connectivity index (χ0n) is 8.34. The third kappa shape index (κ3) is 2.94. The molecule has 1 heterocycles. The predicted octanol–water partition coefficient (Wildman–Crippen LogP) is 0.362. The van der Waals surface area contributed by atoms with E-state index >= 15 is 0 Å². The van der Waals surface area contributed by atoms with Crippen LogP contribution in [0.25, 0.3) is 0 Å². The minimum Gasteiger partial charge on any atom is -0.479 e. The average molecular weight is 204 g/mol. The number of aliphatic hydroxyl groups excluding tert-OH is 1. The fourth-order valence-corrected chi connectivity index (χ4v) is 1.41. The second-order valence-electron chi connectivity index (χ2n) is 3.65. The summed E-state index contributed by atoms with van der Waals surface area (Å²) < 4.78 is 10.4. The number of aliphatic hydroxyl groups is 1. The van der Waals surface area contributed by atoms with Gasteiger partial charge >= 0.3 is 5.97 Å². The van der Waals surface area contributed by atoms with Crippen LogP contribution in [0, 0.1) is 0 Å². The second kappa shape index (κ2) is 4.72. The molecule has 1 saturated heterocycles. The number of rotatable bonds is 3. The van der Waals surface area contributed by atoms with Gasteiger partial charge in [-0.05, 0) is 20.3 Å². The van der Waals surface area contributed by atoms with Crippen molar-refractivity contribution in [3.05, 3.63) is 0 Å². The van der Waals surface area contributed by atoms with E-state index in [1.54, 1.807) is 0 Å². The first-order chi connectivity index (χ1) is 6.50. The largest absolute Gasteiger partial charge is 0.479 e. The van der Waals surface area contributed by atoms with Gasteiger partial charge in [0.05, 0.1) is 12.2 Å². The minimum atomic E-state index is -1.16. The molecule has 0 aromatic carbocycles. The van der Waals surface area contributed by atoms with Crippen molar-refractivity contribution in [2.75, 3.05) is 0 Å². The molecule has 82 valence electrons. The zero-order chi connectivity index (χ0) is 10.7. The smallest absolute Gasteiger partial charge is 0.335 e. The molecule has 3 atom stereocenters. The van der Waals surface area contributed by atoms with Gasteiger partial charge < -0.3 is 19.7 Å². The topological polar surface area (TPSA) is 76.0 Å². The average Bonchev–Trinajstić information content (AvgIpc) is 2.07. The normalized spacial score (nSPS) is 33.3. The summed E-state index contributed by atoms with van der Waals surface area (Å²) in [5.41, 5.74) is 0. The molecule has 1 rings (SSSR count).